The molecule has 0 heterocycles. The minimum absolute atomic E-state index is 0.536. The maximum atomic E-state index is 5.63. The Morgan fingerprint density at radius 1 is 1.00 bits per heavy atom. The second-order valence-corrected chi connectivity index (χ2v) is 3.88. The number of hydrazine groups is 2. The zero-order valence-corrected chi connectivity index (χ0v) is 10.4. The van der Waals surface area contributed by atoms with Crippen LogP contribution in [0.3, 0.4) is 0 Å². The van der Waals surface area contributed by atoms with Crippen molar-refractivity contribution in [2.24, 2.45) is 0 Å². The Labute approximate surface area is 106 Å². The highest BCUT2D eigenvalue weighted by Gasteiger charge is 2.03. The summed E-state index contributed by atoms with van der Waals surface area (Å²) in [4.78, 5) is 0. The number of nitrogen functional groups attached to an aromatic ring is 1. The number of nitrogens with two attached hydrogens (primary N) is 1. The highest BCUT2D eigenvalue weighted by atomic mass is 35.5. The van der Waals surface area contributed by atoms with Gasteiger partial charge in [-0.1, -0.05) is 0 Å². The first-order chi connectivity index (χ1) is 7.77. The molecule has 90 valence electrons. The van der Waals surface area contributed by atoms with E-state index in [-0.39, 0.29) is 0 Å². The molecule has 1 aromatic rings. The second kappa shape index (κ2) is 7.57. The van der Waals surface area contributed by atoms with Crippen molar-refractivity contribution in [1.82, 2.24) is 10.9 Å². The van der Waals surface area contributed by atoms with Gasteiger partial charge in [0.15, 0.2) is 0 Å². The lowest BCUT2D eigenvalue weighted by atomic mass is 10.3. The monoisotopic (exact) mass is 262 g/mol. The standard InChI is InChI=1S/C10H16Cl2N4/c11-5-7-14-16(15-8-6-12)10-3-1-9(13)2-4-10/h1-4,14-15H,5-8,13H2. The number of hydrogen-bond donors (Lipinski definition) is 3. The molecule has 6 heteroatoms. The fourth-order valence-electron chi connectivity index (χ4n) is 1.17. The van der Waals surface area contributed by atoms with Gasteiger partial charge in [0.25, 0.3) is 0 Å². The molecule has 1 aromatic carbocycles. The zero-order chi connectivity index (χ0) is 11.8. The third-order valence-corrected chi connectivity index (χ3v) is 2.26. The van der Waals surface area contributed by atoms with Gasteiger partial charge in [0, 0.05) is 30.5 Å². The predicted octanol–water partition coefficient (Wildman–Crippen LogP) is 1.56. The largest absolute Gasteiger partial charge is 0.399 e. The highest BCUT2D eigenvalue weighted by molar-refractivity contribution is 6.18. The van der Waals surface area contributed by atoms with Gasteiger partial charge >= 0.3 is 0 Å². The van der Waals surface area contributed by atoms with Crippen LogP contribution in [0.2, 0.25) is 0 Å². The van der Waals surface area contributed by atoms with E-state index in [0.29, 0.717) is 24.8 Å². The van der Waals surface area contributed by atoms with E-state index in [9.17, 15) is 0 Å². The third kappa shape index (κ3) is 4.45. The Morgan fingerprint density at radius 2 is 1.50 bits per heavy atom. The van der Waals surface area contributed by atoms with Gasteiger partial charge in [-0.25, -0.2) is 16.0 Å². The van der Waals surface area contributed by atoms with Gasteiger partial charge in [-0.3, -0.25) is 0 Å². The van der Waals surface area contributed by atoms with Crippen LogP contribution >= 0.6 is 23.2 Å². The average Bonchev–Trinajstić information content (AvgIpc) is 2.31. The number of hydrogen-bond acceptors (Lipinski definition) is 4. The molecule has 0 aliphatic rings. The zero-order valence-electron chi connectivity index (χ0n) is 8.92. The van der Waals surface area contributed by atoms with Gasteiger partial charge in [0.05, 0.1) is 5.69 Å². The second-order valence-electron chi connectivity index (χ2n) is 3.12. The molecule has 0 aliphatic carbocycles. The summed E-state index contributed by atoms with van der Waals surface area (Å²) in [6, 6.07) is 7.51. The molecule has 0 spiro atoms. The molecule has 0 unspecified atom stereocenters. The maximum Gasteiger partial charge on any atom is 0.0703 e. The first kappa shape index (κ1) is 13.4. The highest BCUT2D eigenvalue weighted by Crippen LogP contribution is 2.12. The van der Waals surface area contributed by atoms with Crippen LogP contribution in [0.25, 0.3) is 0 Å². The molecule has 4 N–H and O–H groups in total. The summed E-state index contributed by atoms with van der Waals surface area (Å²) in [5.74, 6) is 1.07. The summed E-state index contributed by atoms with van der Waals surface area (Å²) >= 11 is 11.3. The smallest absolute Gasteiger partial charge is 0.0703 e. The number of halogens is 2. The summed E-state index contributed by atoms with van der Waals surface area (Å²) in [7, 11) is 0. The van der Waals surface area contributed by atoms with Crippen molar-refractivity contribution >= 4 is 34.6 Å². The van der Waals surface area contributed by atoms with Crippen LogP contribution < -0.4 is 21.7 Å². The normalized spacial score (nSPS) is 10.4. The van der Waals surface area contributed by atoms with Gasteiger partial charge in [-0.15, -0.1) is 23.2 Å². The molecule has 16 heavy (non-hydrogen) atoms. The van der Waals surface area contributed by atoms with E-state index in [1.807, 2.05) is 24.3 Å². The van der Waals surface area contributed by atoms with Crippen LogP contribution in [0.5, 0.6) is 0 Å². The summed E-state index contributed by atoms with van der Waals surface area (Å²) in [6.07, 6.45) is 0. The van der Waals surface area contributed by atoms with Crippen molar-refractivity contribution < 1.29 is 0 Å². The lowest BCUT2D eigenvalue weighted by Gasteiger charge is -2.25. The van der Waals surface area contributed by atoms with E-state index < -0.39 is 0 Å². The average molecular weight is 263 g/mol. The number of alkyl halides is 2. The summed E-state index contributed by atoms with van der Waals surface area (Å²) in [6.45, 7) is 1.34. The minimum Gasteiger partial charge on any atom is -0.399 e. The van der Waals surface area contributed by atoms with E-state index in [0.717, 1.165) is 11.4 Å². The van der Waals surface area contributed by atoms with Crippen LogP contribution in [-0.4, -0.2) is 24.8 Å². The van der Waals surface area contributed by atoms with Gasteiger partial charge < -0.3 is 5.73 Å². The van der Waals surface area contributed by atoms with E-state index in [4.69, 9.17) is 28.9 Å². The number of nitrogens with one attached hydrogen (secondary N) is 2. The quantitative estimate of drug-likeness (QED) is 0.397. The topological polar surface area (TPSA) is 53.3 Å². The molecule has 0 amide bonds. The van der Waals surface area contributed by atoms with Crippen LogP contribution in [-0.2, 0) is 0 Å². The summed E-state index contributed by atoms with van der Waals surface area (Å²) in [5, 5.41) is 1.80. The first-order valence-electron chi connectivity index (χ1n) is 5.02. The molecule has 0 aliphatic heterocycles. The van der Waals surface area contributed by atoms with Crippen molar-refractivity contribution in [1.29, 1.82) is 0 Å². The minimum atomic E-state index is 0.536. The molecular weight excluding hydrogens is 247 g/mol. The molecule has 0 atom stereocenters. The molecule has 0 bridgehead atoms. The fourth-order valence-corrected chi connectivity index (χ4v) is 1.34. The molecule has 0 saturated carbocycles. The Balaban J connectivity index is 2.62. The Hall–Kier alpha value is -0.680. The number of benzene rings is 1. The molecule has 1 rings (SSSR count). The lowest BCUT2D eigenvalue weighted by Crippen LogP contribution is -2.49. The Bertz CT molecular complexity index is 283. The molecule has 0 fully saturated rings. The van der Waals surface area contributed by atoms with E-state index in [2.05, 4.69) is 10.9 Å². The van der Waals surface area contributed by atoms with E-state index in [1.165, 1.54) is 0 Å². The number of anilines is 2. The third-order valence-electron chi connectivity index (χ3n) is 1.88. The summed E-state index contributed by atoms with van der Waals surface area (Å²) < 4.78 is 0. The molecule has 0 radical (unpaired) electrons. The van der Waals surface area contributed by atoms with Gasteiger partial charge in [0.1, 0.15) is 0 Å². The lowest BCUT2D eigenvalue weighted by molar-refractivity contribution is 0.553. The van der Waals surface area contributed by atoms with E-state index in [1.54, 1.807) is 5.12 Å². The van der Waals surface area contributed by atoms with Crippen molar-refractivity contribution in [3.05, 3.63) is 24.3 Å². The summed E-state index contributed by atoms with van der Waals surface area (Å²) in [5.41, 5.74) is 13.6. The van der Waals surface area contributed by atoms with Gasteiger partial charge in [0.2, 0.25) is 0 Å². The van der Waals surface area contributed by atoms with Crippen LogP contribution in [0.1, 0.15) is 0 Å². The van der Waals surface area contributed by atoms with Crippen molar-refractivity contribution in [3.8, 4) is 0 Å². The van der Waals surface area contributed by atoms with Crippen LogP contribution in [0.4, 0.5) is 11.4 Å². The number of nitrogens with zero attached hydrogens (tertiary/aromatic N) is 1. The van der Waals surface area contributed by atoms with Crippen LogP contribution in [0, 0.1) is 0 Å². The predicted molar refractivity (Wildman–Crippen MR) is 70.8 cm³/mol. The number of rotatable bonds is 7. The van der Waals surface area contributed by atoms with Crippen molar-refractivity contribution in [3.63, 3.8) is 0 Å². The maximum absolute atomic E-state index is 5.63. The fraction of sp³-hybridized carbons (Fsp3) is 0.400. The van der Waals surface area contributed by atoms with Gasteiger partial charge in [-0.2, -0.15) is 0 Å². The van der Waals surface area contributed by atoms with Crippen molar-refractivity contribution in [2.75, 3.05) is 35.7 Å². The van der Waals surface area contributed by atoms with Gasteiger partial charge in [-0.05, 0) is 24.3 Å². The molecule has 4 nitrogen and oxygen atoms in total. The Morgan fingerprint density at radius 3 is 1.94 bits per heavy atom. The SMILES string of the molecule is Nc1ccc(N(NCCCl)NCCCl)cc1. The van der Waals surface area contributed by atoms with Crippen LogP contribution in [0.15, 0.2) is 24.3 Å². The molecule has 0 aromatic heterocycles. The first-order valence-corrected chi connectivity index (χ1v) is 6.09. The Kier molecular flexibility index (Phi) is 6.33. The molecular formula is C10H16Cl2N4. The molecule has 0 saturated heterocycles. The van der Waals surface area contributed by atoms with Crippen molar-refractivity contribution in [2.45, 2.75) is 0 Å². The van der Waals surface area contributed by atoms with E-state index >= 15 is 0 Å².